The summed E-state index contributed by atoms with van der Waals surface area (Å²) < 4.78 is 12.9. The lowest BCUT2D eigenvalue weighted by atomic mass is 10.1. The smallest absolute Gasteiger partial charge is 0.230 e. The van der Waals surface area contributed by atoms with Crippen LogP contribution in [-0.2, 0) is 11.3 Å². The van der Waals surface area contributed by atoms with Crippen LogP contribution in [0, 0.1) is 5.82 Å². The summed E-state index contributed by atoms with van der Waals surface area (Å²) in [6.45, 7) is 2.29. The summed E-state index contributed by atoms with van der Waals surface area (Å²) in [6.07, 6.45) is 3.54. The zero-order chi connectivity index (χ0) is 18.4. The molecule has 1 saturated heterocycles. The Balaban J connectivity index is 1.52. The molecule has 1 aromatic heterocycles. The van der Waals surface area contributed by atoms with Gasteiger partial charge in [0.25, 0.3) is 0 Å². The highest BCUT2D eigenvalue weighted by Gasteiger charge is 2.15. The van der Waals surface area contributed by atoms with E-state index in [0.29, 0.717) is 16.9 Å². The van der Waals surface area contributed by atoms with Gasteiger partial charge in [-0.25, -0.2) is 14.4 Å². The Morgan fingerprint density at radius 3 is 2.65 bits per heavy atom. The molecular formula is C18H20ClFN4OS. The van der Waals surface area contributed by atoms with Crippen LogP contribution in [0.1, 0.15) is 24.8 Å². The molecule has 1 aromatic carbocycles. The van der Waals surface area contributed by atoms with E-state index in [9.17, 15) is 9.18 Å². The van der Waals surface area contributed by atoms with Gasteiger partial charge in [0.15, 0.2) is 5.16 Å². The second-order valence-corrected chi connectivity index (χ2v) is 7.40. The second-order valence-electron chi connectivity index (χ2n) is 6.07. The average molecular weight is 395 g/mol. The zero-order valence-electron chi connectivity index (χ0n) is 14.3. The van der Waals surface area contributed by atoms with Crippen LogP contribution in [-0.4, -0.2) is 34.7 Å². The van der Waals surface area contributed by atoms with Crippen molar-refractivity contribution in [2.45, 2.75) is 31.0 Å². The summed E-state index contributed by atoms with van der Waals surface area (Å²) >= 11 is 7.37. The summed E-state index contributed by atoms with van der Waals surface area (Å²) in [4.78, 5) is 23.0. The molecule has 0 bridgehead atoms. The Morgan fingerprint density at radius 1 is 1.19 bits per heavy atom. The third-order valence-corrected chi connectivity index (χ3v) is 5.12. The van der Waals surface area contributed by atoms with Gasteiger partial charge in [0.2, 0.25) is 5.91 Å². The molecule has 0 aliphatic carbocycles. The number of halogens is 2. The number of thioether (sulfide) groups is 1. The highest BCUT2D eigenvalue weighted by Crippen LogP contribution is 2.24. The zero-order valence-corrected chi connectivity index (χ0v) is 15.8. The lowest BCUT2D eigenvalue weighted by molar-refractivity contribution is -0.118. The molecule has 0 atom stereocenters. The summed E-state index contributed by atoms with van der Waals surface area (Å²) in [5.74, 6) is 0.584. The van der Waals surface area contributed by atoms with Gasteiger partial charge in [-0.05, 0) is 37.0 Å². The molecule has 0 saturated carbocycles. The predicted octanol–water partition coefficient (Wildman–Crippen LogP) is 3.67. The monoisotopic (exact) mass is 394 g/mol. The molecule has 1 N–H and O–H groups in total. The number of aromatic nitrogens is 2. The minimum atomic E-state index is -0.293. The van der Waals surface area contributed by atoms with E-state index in [1.807, 2.05) is 0 Å². The Kier molecular flexibility index (Phi) is 6.68. The molecule has 1 aliphatic heterocycles. The fourth-order valence-electron chi connectivity index (χ4n) is 2.72. The predicted molar refractivity (Wildman–Crippen MR) is 102 cm³/mol. The molecule has 1 aliphatic rings. The van der Waals surface area contributed by atoms with Crippen LogP contribution in [0.2, 0.25) is 5.15 Å². The first-order valence-corrected chi connectivity index (χ1v) is 9.90. The third-order valence-electron chi connectivity index (χ3n) is 4.08. The van der Waals surface area contributed by atoms with E-state index in [4.69, 9.17) is 11.6 Å². The van der Waals surface area contributed by atoms with Crippen LogP contribution in [0.3, 0.4) is 0 Å². The Morgan fingerprint density at radius 2 is 1.92 bits per heavy atom. The molecule has 1 amide bonds. The first-order valence-electron chi connectivity index (χ1n) is 8.53. The minimum absolute atomic E-state index is 0.137. The van der Waals surface area contributed by atoms with E-state index in [0.717, 1.165) is 37.3 Å². The van der Waals surface area contributed by atoms with Gasteiger partial charge in [0.05, 0.1) is 5.75 Å². The van der Waals surface area contributed by atoms with Crippen LogP contribution < -0.4 is 10.2 Å². The minimum Gasteiger partial charge on any atom is -0.356 e. The van der Waals surface area contributed by atoms with E-state index in [-0.39, 0.29) is 17.5 Å². The molecule has 26 heavy (non-hydrogen) atoms. The molecule has 3 rings (SSSR count). The van der Waals surface area contributed by atoms with Crippen molar-refractivity contribution in [3.8, 4) is 0 Å². The molecule has 2 heterocycles. The fraction of sp³-hybridized carbons (Fsp3) is 0.389. The molecule has 2 aromatic rings. The number of nitrogens with zero attached hydrogens (tertiary/aromatic N) is 3. The van der Waals surface area contributed by atoms with Crippen molar-refractivity contribution in [1.29, 1.82) is 0 Å². The Bertz CT molecular complexity index is 753. The third kappa shape index (κ3) is 5.57. The SMILES string of the molecule is O=C(CSc1nc(Cl)cc(N2CCCCC2)n1)NCc1ccc(F)cc1. The number of amides is 1. The van der Waals surface area contributed by atoms with E-state index >= 15 is 0 Å². The number of hydrogen-bond donors (Lipinski definition) is 1. The average Bonchev–Trinajstić information content (AvgIpc) is 2.66. The number of rotatable bonds is 6. The molecule has 138 valence electrons. The van der Waals surface area contributed by atoms with Gasteiger partial charge in [0, 0.05) is 25.7 Å². The highest BCUT2D eigenvalue weighted by atomic mass is 35.5. The van der Waals surface area contributed by atoms with Crippen molar-refractivity contribution in [1.82, 2.24) is 15.3 Å². The van der Waals surface area contributed by atoms with Gasteiger partial charge in [-0.2, -0.15) is 0 Å². The fourth-order valence-corrected chi connectivity index (χ4v) is 3.63. The maximum atomic E-state index is 12.9. The van der Waals surface area contributed by atoms with Crippen LogP contribution in [0.15, 0.2) is 35.5 Å². The molecular weight excluding hydrogens is 375 g/mol. The number of benzene rings is 1. The molecule has 5 nitrogen and oxygen atoms in total. The first-order chi connectivity index (χ1) is 12.6. The number of carbonyl (C=O) groups is 1. The maximum absolute atomic E-state index is 12.9. The van der Waals surface area contributed by atoms with Gasteiger partial charge in [0.1, 0.15) is 16.8 Å². The van der Waals surface area contributed by atoms with E-state index in [1.165, 1.54) is 30.3 Å². The van der Waals surface area contributed by atoms with Gasteiger partial charge < -0.3 is 10.2 Å². The quantitative estimate of drug-likeness (QED) is 0.460. The van der Waals surface area contributed by atoms with Crippen LogP contribution in [0.4, 0.5) is 10.2 Å². The summed E-state index contributed by atoms with van der Waals surface area (Å²) in [5.41, 5.74) is 0.844. The lowest BCUT2D eigenvalue weighted by Crippen LogP contribution is -2.30. The van der Waals surface area contributed by atoms with Gasteiger partial charge in [-0.3, -0.25) is 4.79 Å². The Hall–Kier alpha value is -1.86. The number of piperidine rings is 1. The van der Waals surface area contributed by atoms with E-state index in [1.54, 1.807) is 18.2 Å². The van der Waals surface area contributed by atoms with Crippen molar-refractivity contribution >= 4 is 35.1 Å². The summed E-state index contributed by atoms with van der Waals surface area (Å²) in [5, 5.41) is 3.68. The van der Waals surface area contributed by atoms with E-state index < -0.39 is 0 Å². The van der Waals surface area contributed by atoms with Crippen LogP contribution >= 0.6 is 23.4 Å². The number of anilines is 1. The van der Waals surface area contributed by atoms with Gasteiger partial charge >= 0.3 is 0 Å². The highest BCUT2D eigenvalue weighted by molar-refractivity contribution is 7.99. The largest absolute Gasteiger partial charge is 0.356 e. The topological polar surface area (TPSA) is 58.1 Å². The van der Waals surface area contributed by atoms with Crippen LogP contribution in [0.5, 0.6) is 0 Å². The summed E-state index contributed by atoms with van der Waals surface area (Å²) in [7, 11) is 0. The van der Waals surface area contributed by atoms with Crippen molar-refractivity contribution in [2.75, 3.05) is 23.7 Å². The molecule has 1 fully saturated rings. The van der Waals surface area contributed by atoms with Crippen molar-refractivity contribution in [3.05, 3.63) is 46.9 Å². The summed E-state index contributed by atoms with van der Waals surface area (Å²) in [6, 6.07) is 7.81. The number of hydrogen-bond acceptors (Lipinski definition) is 5. The van der Waals surface area contributed by atoms with Gasteiger partial charge in [-0.1, -0.05) is 35.5 Å². The van der Waals surface area contributed by atoms with E-state index in [2.05, 4.69) is 20.2 Å². The molecule has 0 unspecified atom stereocenters. The standard InChI is InChI=1S/C18H20ClFN4OS/c19-15-10-16(24-8-2-1-3-9-24)23-18(22-15)26-12-17(25)21-11-13-4-6-14(20)7-5-13/h4-7,10H,1-3,8-9,11-12H2,(H,21,25). The number of nitrogens with one attached hydrogen (secondary N) is 1. The first kappa shape index (κ1) is 18.9. The molecule has 0 radical (unpaired) electrons. The normalized spacial score (nSPS) is 14.3. The van der Waals surface area contributed by atoms with Crippen LogP contribution in [0.25, 0.3) is 0 Å². The number of carbonyl (C=O) groups excluding carboxylic acids is 1. The van der Waals surface area contributed by atoms with Gasteiger partial charge in [-0.15, -0.1) is 0 Å². The lowest BCUT2D eigenvalue weighted by Gasteiger charge is -2.27. The molecule has 0 spiro atoms. The molecule has 8 heteroatoms. The maximum Gasteiger partial charge on any atom is 0.230 e. The Labute approximate surface area is 161 Å². The van der Waals surface area contributed by atoms with Crippen molar-refractivity contribution < 1.29 is 9.18 Å². The van der Waals surface area contributed by atoms with Crippen molar-refractivity contribution in [3.63, 3.8) is 0 Å². The second kappa shape index (κ2) is 9.19. The van der Waals surface area contributed by atoms with Crippen molar-refractivity contribution in [2.24, 2.45) is 0 Å².